The molecule has 3 aromatic rings. The molecule has 0 radical (unpaired) electrons. The summed E-state index contributed by atoms with van der Waals surface area (Å²) in [6.45, 7) is 0.392. The number of nitro groups is 1. The SMILES string of the molecule is O=C(Nc1ccc(S(=O)(=O)N2CCCc3ccccc32)cc1)c1cc([N+](=O)[O-])ccc1Cl. The zero-order valence-corrected chi connectivity index (χ0v) is 18.3. The third kappa shape index (κ3) is 4.17. The molecular weight excluding hydrogens is 454 g/mol. The summed E-state index contributed by atoms with van der Waals surface area (Å²) in [4.78, 5) is 23.0. The molecule has 0 atom stereocenters. The van der Waals surface area contributed by atoms with Crippen molar-refractivity contribution in [3.63, 3.8) is 0 Å². The van der Waals surface area contributed by atoms with Gasteiger partial charge >= 0.3 is 0 Å². The lowest BCUT2D eigenvalue weighted by atomic mass is 10.0. The summed E-state index contributed by atoms with van der Waals surface area (Å²) in [7, 11) is -3.77. The van der Waals surface area contributed by atoms with Crippen LogP contribution in [0.5, 0.6) is 0 Å². The van der Waals surface area contributed by atoms with Crippen LogP contribution in [0.3, 0.4) is 0 Å². The summed E-state index contributed by atoms with van der Waals surface area (Å²) >= 11 is 6.01. The Morgan fingerprint density at radius 3 is 2.50 bits per heavy atom. The molecule has 1 N–H and O–H groups in total. The van der Waals surface area contributed by atoms with E-state index in [4.69, 9.17) is 11.6 Å². The second kappa shape index (κ2) is 8.60. The zero-order chi connectivity index (χ0) is 22.9. The maximum Gasteiger partial charge on any atom is 0.270 e. The lowest BCUT2D eigenvalue weighted by Gasteiger charge is -2.30. The average molecular weight is 472 g/mol. The Kier molecular flexibility index (Phi) is 5.86. The number of hydrogen-bond acceptors (Lipinski definition) is 5. The summed E-state index contributed by atoms with van der Waals surface area (Å²) < 4.78 is 27.8. The smallest absolute Gasteiger partial charge is 0.270 e. The molecule has 1 heterocycles. The highest BCUT2D eigenvalue weighted by molar-refractivity contribution is 7.92. The van der Waals surface area contributed by atoms with E-state index in [9.17, 15) is 23.3 Å². The number of halogens is 1. The number of carbonyl (C=O) groups is 1. The Morgan fingerprint density at radius 1 is 1.06 bits per heavy atom. The summed E-state index contributed by atoms with van der Waals surface area (Å²) in [5.41, 5.74) is 1.68. The lowest BCUT2D eigenvalue weighted by Crippen LogP contribution is -2.35. The van der Waals surface area contributed by atoms with Gasteiger partial charge in [-0.1, -0.05) is 29.8 Å². The van der Waals surface area contributed by atoms with Crippen molar-refractivity contribution in [2.75, 3.05) is 16.2 Å². The largest absolute Gasteiger partial charge is 0.322 e. The molecule has 0 unspecified atom stereocenters. The fourth-order valence-corrected chi connectivity index (χ4v) is 5.33. The fraction of sp³-hybridized carbons (Fsp3) is 0.136. The van der Waals surface area contributed by atoms with E-state index in [-0.39, 0.29) is 21.2 Å². The number of rotatable bonds is 5. The predicted octanol–water partition coefficient (Wildman–Crippen LogP) is 4.64. The molecular formula is C22H18ClN3O5S. The van der Waals surface area contributed by atoms with E-state index in [0.29, 0.717) is 17.9 Å². The molecule has 4 rings (SSSR count). The van der Waals surface area contributed by atoms with Crippen molar-refractivity contribution in [1.82, 2.24) is 0 Å². The maximum atomic E-state index is 13.2. The quantitative estimate of drug-likeness (QED) is 0.430. The van der Waals surface area contributed by atoms with Crippen LogP contribution >= 0.6 is 11.6 Å². The van der Waals surface area contributed by atoms with Gasteiger partial charge in [-0.25, -0.2) is 8.42 Å². The van der Waals surface area contributed by atoms with E-state index < -0.39 is 20.9 Å². The molecule has 0 aliphatic carbocycles. The molecule has 3 aromatic carbocycles. The van der Waals surface area contributed by atoms with Crippen molar-refractivity contribution in [2.45, 2.75) is 17.7 Å². The van der Waals surface area contributed by atoms with Crippen LogP contribution in [-0.2, 0) is 16.4 Å². The molecule has 0 fully saturated rings. The number of para-hydroxylation sites is 1. The van der Waals surface area contributed by atoms with E-state index in [1.807, 2.05) is 18.2 Å². The molecule has 1 amide bonds. The normalized spacial score (nSPS) is 13.3. The van der Waals surface area contributed by atoms with E-state index >= 15 is 0 Å². The zero-order valence-electron chi connectivity index (χ0n) is 16.7. The first-order chi connectivity index (χ1) is 15.3. The Morgan fingerprint density at radius 2 is 1.78 bits per heavy atom. The number of fused-ring (bicyclic) bond motifs is 1. The monoisotopic (exact) mass is 471 g/mol. The highest BCUT2D eigenvalue weighted by Gasteiger charge is 2.28. The van der Waals surface area contributed by atoms with Gasteiger partial charge in [0.25, 0.3) is 21.6 Å². The summed E-state index contributed by atoms with van der Waals surface area (Å²) in [5.74, 6) is -0.640. The minimum atomic E-state index is -3.77. The van der Waals surface area contributed by atoms with Crippen molar-refractivity contribution in [3.05, 3.63) is 93.0 Å². The Bertz CT molecular complexity index is 1310. The number of aryl methyl sites for hydroxylation is 1. The summed E-state index contributed by atoms with van der Waals surface area (Å²) in [6.07, 6.45) is 1.56. The molecule has 1 aliphatic rings. The van der Waals surface area contributed by atoms with Gasteiger partial charge in [0.05, 0.1) is 26.1 Å². The Hall–Kier alpha value is -3.43. The van der Waals surface area contributed by atoms with Crippen molar-refractivity contribution in [1.29, 1.82) is 0 Å². The van der Waals surface area contributed by atoms with Gasteiger partial charge in [-0.15, -0.1) is 0 Å². The number of nitrogens with zero attached hydrogens (tertiary/aromatic N) is 2. The van der Waals surface area contributed by atoms with Gasteiger partial charge in [-0.2, -0.15) is 0 Å². The predicted molar refractivity (Wildman–Crippen MR) is 122 cm³/mol. The molecule has 1 aliphatic heterocycles. The first kappa shape index (κ1) is 21.8. The Balaban J connectivity index is 1.56. The van der Waals surface area contributed by atoms with Crippen LogP contribution in [0.2, 0.25) is 5.02 Å². The van der Waals surface area contributed by atoms with E-state index in [1.54, 1.807) is 6.07 Å². The molecule has 8 nitrogen and oxygen atoms in total. The van der Waals surface area contributed by atoms with Crippen LogP contribution in [0.4, 0.5) is 17.1 Å². The third-order valence-corrected chi connectivity index (χ3v) is 7.33. The topological polar surface area (TPSA) is 110 Å². The van der Waals surface area contributed by atoms with Crippen LogP contribution in [0, 0.1) is 10.1 Å². The summed E-state index contributed by atoms with van der Waals surface area (Å²) in [6, 6.07) is 16.7. The van der Waals surface area contributed by atoms with Crippen molar-refractivity contribution < 1.29 is 18.1 Å². The number of anilines is 2. The van der Waals surface area contributed by atoms with Gasteiger partial charge in [-0.3, -0.25) is 19.2 Å². The number of nitrogens with one attached hydrogen (secondary N) is 1. The highest BCUT2D eigenvalue weighted by atomic mass is 35.5. The van der Waals surface area contributed by atoms with Gasteiger partial charge in [0.15, 0.2) is 0 Å². The number of hydrogen-bond donors (Lipinski definition) is 1. The van der Waals surface area contributed by atoms with Crippen LogP contribution in [0.1, 0.15) is 22.3 Å². The molecule has 0 aromatic heterocycles. The van der Waals surface area contributed by atoms with E-state index in [1.165, 1.54) is 40.7 Å². The average Bonchev–Trinajstić information content (AvgIpc) is 2.79. The van der Waals surface area contributed by atoms with E-state index in [2.05, 4.69) is 5.32 Å². The molecule has 32 heavy (non-hydrogen) atoms. The van der Waals surface area contributed by atoms with Gasteiger partial charge < -0.3 is 5.32 Å². The molecule has 10 heteroatoms. The summed E-state index contributed by atoms with van der Waals surface area (Å²) in [5, 5.41) is 13.6. The number of nitro benzene ring substituents is 1. The second-order valence-electron chi connectivity index (χ2n) is 7.21. The first-order valence-corrected chi connectivity index (χ1v) is 11.6. The first-order valence-electron chi connectivity index (χ1n) is 9.73. The maximum absolute atomic E-state index is 13.2. The standard InChI is InChI=1S/C22H18ClN3O5S/c23-20-12-9-17(26(28)29)14-19(20)22(27)24-16-7-10-18(11-8-16)32(30,31)25-13-3-5-15-4-1-2-6-21(15)25/h1-2,4,6-12,14H,3,5,13H2,(H,24,27). The molecule has 164 valence electrons. The minimum Gasteiger partial charge on any atom is -0.322 e. The van der Waals surface area contributed by atoms with Crippen LogP contribution in [0.25, 0.3) is 0 Å². The number of sulfonamides is 1. The molecule has 0 saturated carbocycles. The minimum absolute atomic E-state index is 0.0533. The van der Waals surface area contributed by atoms with Crippen molar-refractivity contribution in [2.24, 2.45) is 0 Å². The van der Waals surface area contributed by atoms with Crippen molar-refractivity contribution >= 4 is 44.6 Å². The third-order valence-electron chi connectivity index (χ3n) is 5.17. The number of benzene rings is 3. The van der Waals surface area contributed by atoms with Crippen LogP contribution in [0.15, 0.2) is 71.6 Å². The fourth-order valence-electron chi connectivity index (χ4n) is 3.59. The van der Waals surface area contributed by atoms with Crippen molar-refractivity contribution in [3.8, 4) is 0 Å². The van der Waals surface area contributed by atoms with Crippen LogP contribution < -0.4 is 9.62 Å². The van der Waals surface area contributed by atoms with Gasteiger partial charge in [0.2, 0.25) is 0 Å². The van der Waals surface area contributed by atoms with Gasteiger partial charge in [0.1, 0.15) is 0 Å². The lowest BCUT2D eigenvalue weighted by molar-refractivity contribution is -0.384. The molecule has 0 spiro atoms. The Labute approximate surface area is 189 Å². The molecule has 0 bridgehead atoms. The van der Waals surface area contributed by atoms with E-state index in [0.717, 1.165) is 24.5 Å². The molecule has 0 saturated heterocycles. The van der Waals surface area contributed by atoms with Gasteiger partial charge in [0, 0.05) is 24.4 Å². The number of amides is 1. The number of carbonyl (C=O) groups excluding carboxylic acids is 1. The van der Waals surface area contributed by atoms with Gasteiger partial charge in [-0.05, 0) is 54.8 Å². The second-order valence-corrected chi connectivity index (χ2v) is 9.48. The highest BCUT2D eigenvalue weighted by Crippen LogP contribution is 2.32. The van der Waals surface area contributed by atoms with Crippen LogP contribution in [-0.4, -0.2) is 25.8 Å². The number of non-ortho nitro benzene ring substituents is 1.